The third-order valence-electron chi connectivity index (χ3n) is 4.82. The van der Waals surface area contributed by atoms with Gasteiger partial charge in [-0.2, -0.15) is 4.31 Å². The molecule has 31 heavy (non-hydrogen) atoms. The van der Waals surface area contributed by atoms with Crippen molar-refractivity contribution in [3.8, 4) is 5.69 Å². The van der Waals surface area contributed by atoms with Crippen molar-refractivity contribution in [1.82, 2.24) is 29.8 Å². The molecule has 12 heteroatoms. The second-order valence-electron chi connectivity index (χ2n) is 6.92. The predicted molar refractivity (Wildman–Crippen MR) is 110 cm³/mol. The first-order chi connectivity index (χ1) is 14.8. The Hall–Kier alpha value is -3.64. The number of hydrogen-bond donors (Lipinski definition) is 2. The lowest BCUT2D eigenvalue weighted by atomic mass is 10.1. The topological polar surface area (TPSA) is 139 Å². The first-order valence-electron chi connectivity index (χ1n) is 9.37. The fraction of sp³-hybridized carbons (Fsp3) is 0.211. The normalized spacial score (nSPS) is 14.8. The molecular formula is C19H19N7O4S. The van der Waals surface area contributed by atoms with Crippen LogP contribution >= 0.6 is 0 Å². The lowest BCUT2D eigenvalue weighted by molar-refractivity contribution is -0.122. The van der Waals surface area contributed by atoms with E-state index in [1.165, 1.54) is 35.3 Å². The van der Waals surface area contributed by atoms with Crippen molar-refractivity contribution in [3.05, 3.63) is 59.9 Å². The third-order valence-corrected chi connectivity index (χ3v) is 6.66. The largest absolute Gasteiger partial charge is 0.354 e. The highest BCUT2D eigenvalue weighted by molar-refractivity contribution is 7.89. The summed E-state index contributed by atoms with van der Waals surface area (Å²) in [5.74, 6) is -0.827. The van der Waals surface area contributed by atoms with Crippen LogP contribution in [-0.4, -0.2) is 64.4 Å². The number of carbonyl (C=O) groups excluding carboxylic acids is 2. The van der Waals surface area contributed by atoms with Gasteiger partial charge in [-0.1, -0.05) is 12.1 Å². The van der Waals surface area contributed by atoms with Crippen LogP contribution in [0.1, 0.15) is 15.9 Å². The minimum atomic E-state index is -3.90. The second kappa shape index (κ2) is 8.24. The molecule has 2 N–H and O–H groups in total. The highest BCUT2D eigenvalue weighted by atomic mass is 32.2. The van der Waals surface area contributed by atoms with Gasteiger partial charge in [0, 0.05) is 24.3 Å². The smallest absolute Gasteiger partial charge is 0.255 e. The molecule has 0 spiro atoms. The van der Waals surface area contributed by atoms with Gasteiger partial charge in [0.05, 0.1) is 17.1 Å². The van der Waals surface area contributed by atoms with E-state index in [2.05, 4.69) is 26.2 Å². The van der Waals surface area contributed by atoms with Gasteiger partial charge in [-0.25, -0.2) is 13.1 Å². The minimum absolute atomic E-state index is 0.0472. The van der Waals surface area contributed by atoms with Crippen LogP contribution in [0, 0.1) is 6.92 Å². The maximum absolute atomic E-state index is 12.9. The van der Waals surface area contributed by atoms with Gasteiger partial charge in [-0.3, -0.25) is 9.59 Å². The standard InChI is InChI=1S/C19H19N7O4S/c1-13-5-6-15(26-12-21-23-24-26)10-17(13)22-19(28)14-3-2-4-16(9-14)31(29,30)25-8-7-20-18(27)11-25/h2-6,9-10,12H,7-8,11H2,1H3,(H,20,27)(H,22,28). The Morgan fingerprint density at radius 2 is 2.03 bits per heavy atom. The van der Waals surface area contributed by atoms with E-state index in [-0.39, 0.29) is 36.0 Å². The van der Waals surface area contributed by atoms with Crippen molar-refractivity contribution in [2.24, 2.45) is 0 Å². The van der Waals surface area contributed by atoms with Crippen LogP contribution in [0.4, 0.5) is 5.69 Å². The van der Waals surface area contributed by atoms with Gasteiger partial charge in [-0.15, -0.1) is 5.10 Å². The fourth-order valence-electron chi connectivity index (χ4n) is 3.13. The number of tetrazole rings is 1. The SMILES string of the molecule is Cc1ccc(-n2cnnn2)cc1NC(=O)c1cccc(S(=O)(=O)N2CCNC(=O)C2)c1. The molecule has 0 radical (unpaired) electrons. The molecule has 3 aromatic rings. The molecule has 1 fully saturated rings. The van der Waals surface area contributed by atoms with E-state index in [0.29, 0.717) is 11.4 Å². The molecule has 160 valence electrons. The first-order valence-corrected chi connectivity index (χ1v) is 10.8. The molecule has 0 saturated carbocycles. The second-order valence-corrected chi connectivity index (χ2v) is 8.86. The van der Waals surface area contributed by atoms with Gasteiger partial charge in [-0.05, 0) is 53.2 Å². The summed E-state index contributed by atoms with van der Waals surface area (Å²) in [5.41, 5.74) is 2.19. The Morgan fingerprint density at radius 3 is 2.77 bits per heavy atom. The molecular weight excluding hydrogens is 422 g/mol. The van der Waals surface area contributed by atoms with Gasteiger partial charge < -0.3 is 10.6 Å². The summed E-state index contributed by atoms with van der Waals surface area (Å²) in [7, 11) is -3.90. The summed E-state index contributed by atoms with van der Waals surface area (Å²) in [6, 6.07) is 11.1. The van der Waals surface area contributed by atoms with E-state index in [1.807, 2.05) is 19.1 Å². The Balaban J connectivity index is 1.58. The summed E-state index contributed by atoms with van der Waals surface area (Å²) < 4.78 is 28.3. The molecule has 0 bridgehead atoms. The van der Waals surface area contributed by atoms with Crippen LogP contribution in [0.2, 0.25) is 0 Å². The monoisotopic (exact) mass is 441 g/mol. The molecule has 0 aliphatic carbocycles. The molecule has 4 rings (SSSR count). The number of nitrogens with one attached hydrogen (secondary N) is 2. The number of hydrogen-bond acceptors (Lipinski definition) is 7. The molecule has 2 aromatic carbocycles. The Labute approximate surface area is 178 Å². The first kappa shape index (κ1) is 20.6. The number of aromatic nitrogens is 4. The maximum Gasteiger partial charge on any atom is 0.255 e. The Kier molecular flexibility index (Phi) is 5.48. The number of rotatable bonds is 5. The number of nitrogens with zero attached hydrogens (tertiary/aromatic N) is 5. The number of sulfonamides is 1. The summed E-state index contributed by atoms with van der Waals surface area (Å²) in [6.07, 6.45) is 1.44. The van der Waals surface area contributed by atoms with Gasteiger partial charge in [0.15, 0.2) is 0 Å². The van der Waals surface area contributed by atoms with Gasteiger partial charge in [0.25, 0.3) is 5.91 Å². The average Bonchev–Trinajstić information content (AvgIpc) is 3.30. The highest BCUT2D eigenvalue weighted by Crippen LogP contribution is 2.22. The number of aryl methyl sites for hydroxylation is 1. The van der Waals surface area contributed by atoms with Crippen LogP contribution in [0.25, 0.3) is 5.69 Å². The van der Waals surface area contributed by atoms with Crippen molar-refractivity contribution >= 4 is 27.5 Å². The van der Waals surface area contributed by atoms with Crippen molar-refractivity contribution in [2.75, 3.05) is 25.0 Å². The van der Waals surface area contributed by atoms with Gasteiger partial charge in [0.2, 0.25) is 15.9 Å². The fourth-order valence-corrected chi connectivity index (χ4v) is 4.57. The molecule has 11 nitrogen and oxygen atoms in total. The van der Waals surface area contributed by atoms with Crippen LogP contribution in [0.15, 0.2) is 53.7 Å². The van der Waals surface area contributed by atoms with E-state index in [0.717, 1.165) is 9.87 Å². The summed E-state index contributed by atoms with van der Waals surface area (Å²) >= 11 is 0. The molecule has 1 aliphatic heterocycles. The number of benzene rings is 2. The average molecular weight is 441 g/mol. The number of piperazine rings is 1. The predicted octanol–water partition coefficient (Wildman–Crippen LogP) is 0.344. The highest BCUT2D eigenvalue weighted by Gasteiger charge is 2.29. The molecule has 1 saturated heterocycles. The quantitative estimate of drug-likeness (QED) is 0.582. The molecule has 0 unspecified atom stereocenters. The van der Waals surface area contributed by atoms with E-state index in [1.54, 1.807) is 6.07 Å². The van der Waals surface area contributed by atoms with Crippen molar-refractivity contribution in [1.29, 1.82) is 0 Å². The number of carbonyl (C=O) groups is 2. The Bertz CT molecular complexity index is 1240. The van der Waals surface area contributed by atoms with Crippen LogP contribution in [-0.2, 0) is 14.8 Å². The molecule has 0 atom stereocenters. The van der Waals surface area contributed by atoms with E-state index < -0.39 is 15.9 Å². The lowest BCUT2D eigenvalue weighted by Gasteiger charge is -2.26. The summed E-state index contributed by atoms with van der Waals surface area (Å²) in [4.78, 5) is 24.4. The van der Waals surface area contributed by atoms with Gasteiger partial charge >= 0.3 is 0 Å². The van der Waals surface area contributed by atoms with E-state index >= 15 is 0 Å². The van der Waals surface area contributed by atoms with Crippen LogP contribution in [0.3, 0.4) is 0 Å². The van der Waals surface area contributed by atoms with Crippen molar-refractivity contribution in [2.45, 2.75) is 11.8 Å². The maximum atomic E-state index is 12.9. The number of amides is 2. The van der Waals surface area contributed by atoms with E-state index in [9.17, 15) is 18.0 Å². The minimum Gasteiger partial charge on any atom is -0.354 e. The van der Waals surface area contributed by atoms with Crippen LogP contribution in [0.5, 0.6) is 0 Å². The van der Waals surface area contributed by atoms with Crippen molar-refractivity contribution in [3.63, 3.8) is 0 Å². The third kappa shape index (κ3) is 4.29. The zero-order valence-electron chi connectivity index (χ0n) is 16.5. The Morgan fingerprint density at radius 1 is 1.19 bits per heavy atom. The van der Waals surface area contributed by atoms with E-state index in [4.69, 9.17) is 0 Å². The van der Waals surface area contributed by atoms with Crippen molar-refractivity contribution < 1.29 is 18.0 Å². The molecule has 2 heterocycles. The van der Waals surface area contributed by atoms with Gasteiger partial charge in [0.1, 0.15) is 6.33 Å². The summed E-state index contributed by atoms with van der Waals surface area (Å²) in [5, 5.41) is 16.4. The molecule has 1 aromatic heterocycles. The lowest BCUT2D eigenvalue weighted by Crippen LogP contribution is -2.49. The molecule has 2 amide bonds. The van der Waals surface area contributed by atoms with Crippen LogP contribution < -0.4 is 10.6 Å². The zero-order valence-corrected chi connectivity index (χ0v) is 17.3. The number of anilines is 1. The molecule has 1 aliphatic rings. The zero-order chi connectivity index (χ0) is 22.0. The summed E-state index contributed by atoms with van der Waals surface area (Å²) in [6.45, 7) is 2.01.